The number of carboxylic acid groups (broad SMARTS) is 1. The van der Waals surface area contributed by atoms with E-state index >= 15 is 0 Å². The van der Waals surface area contributed by atoms with Crippen molar-refractivity contribution in [3.8, 4) is 11.5 Å². The van der Waals surface area contributed by atoms with Gasteiger partial charge in [0.25, 0.3) is 5.91 Å². The van der Waals surface area contributed by atoms with E-state index in [0.717, 1.165) is 42.4 Å². The molecule has 1 fully saturated rings. The maximum absolute atomic E-state index is 13.3. The summed E-state index contributed by atoms with van der Waals surface area (Å²) in [4.78, 5) is 27.6. The highest BCUT2D eigenvalue weighted by Crippen LogP contribution is 2.39. The lowest BCUT2D eigenvalue weighted by molar-refractivity contribution is -0.148. The van der Waals surface area contributed by atoms with Gasteiger partial charge >= 0.3 is 5.97 Å². The van der Waals surface area contributed by atoms with Gasteiger partial charge in [-0.15, -0.1) is 0 Å². The number of hydrogen-bond donors (Lipinski definition) is 4. The third-order valence-corrected chi connectivity index (χ3v) is 8.05. The van der Waals surface area contributed by atoms with Gasteiger partial charge in [-0.05, 0) is 65.3 Å². The Labute approximate surface area is 219 Å². The molecule has 0 spiro atoms. The number of carboxylic acids is 1. The lowest BCUT2D eigenvalue weighted by Gasteiger charge is -2.38. The van der Waals surface area contributed by atoms with E-state index in [4.69, 9.17) is 0 Å². The molecular weight excluding hydrogens is 468 g/mol. The normalized spacial score (nSPS) is 17.4. The summed E-state index contributed by atoms with van der Waals surface area (Å²) in [6, 6.07) is 8.90. The lowest BCUT2D eigenvalue weighted by Crippen LogP contribution is -2.57. The van der Waals surface area contributed by atoms with Crippen LogP contribution in [-0.4, -0.2) is 37.6 Å². The van der Waals surface area contributed by atoms with Crippen LogP contribution in [0.25, 0.3) is 0 Å². The summed E-state index contributed by atoms with van der Waals surface area (Å²) in [7, 11) is 0. The Balaban J connectivity index is 1.51. The number of nitrogens with zero attached hydrogens (tertiary/aromatic N) is 1. The summed E-state index contributed by atoms with van der Waals surface area (Å²) in [6.45, 7) is 9.30. The van der Waals surface area contributed by atoms with Gasteiger partial charge in [0.15, 0.2) is 0 Å². The zero-order chi connectivity index (χ0) is 26.9. The maximum Gasteiger partial charge on any atom is 0.324 e. The number of rotatable bonds is 9. The molecule has 4 rings (SSSR count). The largest absolute Gasteiger partial charge is 0.508 e. The van der Waals surface area contributed by atoms with E-state index in [1.165, 1.54) is 6.07 Å². The van der Waals surface area contributed by atoms with Crippen LogP contribution >= 0.6 is 0 Å². The van der Waals surface area contributed by atoms with Gasteiger partial charge in [-0.3, -0.25) is 14.9 Å². The Morgan fingerprint density at radius 3 is 2.30 bits per heavy atom. The number of phenolic OH excluding ortho intramolecular Hbond substituents is 2. The van der Waals surface area contributed by atoms with Crippen molar-refractivity contribution in [3.63, 3.8) is 0 Å². The SMILES string of the molecule is CC(C)C[C@@](NCc1ccc2c(c1)CN(C(=O)c1cc(C(C)C)c(O)cc1O)C2)(C(=O)O)C1CCCC1. The minimum atomic E-state index is -0.934. The molecule has 4 N–H and O–H groups in total. The quantitative estimate of drug-likeness (QED) is 0.355. The summed E-state index contributed by atoms with van der Waals surface area (Å²) >= 11 is 0. The molecule has 200 valence electrons. The fourth-order valence-corrected chi connectivity index (χ4v) is 6.14. The smallest absolute Gasteiger partial charge is 0.324 e. The van der Waals surface area contributed by atoms with Crippen LogP contribution in [0.5, 0.6) is 11.5 Å². The number of carbonyl (C=O) groups is 2. The van der Waals surface area contributed by atoms with E-state index < -0.39 is 11.5 Å². The molecule has 7 nitrogen and oxygen atoms in total. The predicted molar refractivity (Wildman–Crippen MR) is 142 cm³/mol. The summed E-state index contributed by atoms with van der Waals surface area (Å²) < 4.78 is 0. The van der Waals surface area contributed by atoms with E-state index in [1.807, 2.05) is 26.0 Å². The van der Waals surface area contributed by atoms with Crippen LogP contribution in [0.15, 0.2) is 30.3 Å². The molecule has 1 atom stereocenters. The number of nitrogens with one attached hydrogen (secondary N) is 1. The fourth-order valence-electron chi connectivity index (χ4n) is 6.14. The summed E-state index contributed by atoms with van der Waals surface area (Å²) in [6.07, 6.45) is 4.63. The van der Waals surface area contributed by atoms with Crippen LogP contribution in [0.1, 0.15) is 98.3 Å². The van der Waals surface area contributed by atoms with Gasteiger partial charge in [0.1, 0.15) is 17.0 Å². The van der Waals surface area contributed by atoms with Gasteiger partial charge in [-0.25, -0.2) is 0 Å². The van der Waals surface area contributed by atoms with Crippen LogP contribution in [0.3, 0.4) is 0 Å². The second-order valence-electron chi connectivity index (χ2n) is 11.6. The summed E-state index contributed by atoms with van der Waals surface area (Å²) in [5.74, 6) is -0.886. The van der Waals surface area contributed by atoms with Gasteiger partial charge in [0.2, 0.25) is 0 Å². The molecule has 0 radical (unpaired) electrons. The van der Waals surface area contributed by atoms with Crippen molar-refractivity contribution < 1.29 is 24.9 Å². The molecule has 2 aromatic carbocycles. The first kappa shape index (κ1) is 27.0. The number of carbonyl (C=O) groups excluding carboxylic acids is 1. The molecule has 1 aliphatic heterocycles. The molecule has 0 saturated heterocycles. The fraction of sp³-hybridized carbons (Fsp3) is 0.533. The zero-order valence-electron chi connectivity index (χ0n) is 22.4. The van der Waals surface area contributed by atoms with Crippen molar-refractivity contribution in [2.45, 2.75) is 90.9 Å². The van der Waals surface area contributed by atoms with E-state index in [0.29, 0.717) is 31.6 Å². The summed E-state index contributed by atoms with van der Waals surface area (Å²) in [5.41, 5.74) is 2.94. The van der Waals surface area contributed by atoms with E-state index in [1.54, 1.807) is 11.0 Å². The van der Waals surface area contributed by atoms with Crippen molar-refractivity contribution in [1.29, 1.82) is 0 Å². The standard InChI is InChI=1S/C30H40N2O5/c1-18(2)14-30(29(36)37,23-7-5-6-8-23)31-15-20-9-10-21-16-32(17-22(21)11-20)28(35)25-12-24(19(3)4)26(33)13-27(25)34/h9-13,18-19,23,31,33-34H,5-8,14-17H2,1-4H3,(H,36,37)/t30-/m0/s1. The van der Waals surface area contributed by atoms with Gasteiger partial charge in [-0.1, -0.05) is 58.7 Å². The molecule has 2 aromatic rings. The zero-order valence-corrected chi connectivity index (χ0v) is 22.4. The first-order chi connectivity index (χ1) is 17.5. The Bertz CT molecular complexity index is 1170. The molecule has 1 heterocycles. The number of amides is 1. The number of aliphatic carboxylic acids is 1. The van der Waals surface area contributed by atoms with Crippen molar-refractivity contribution >= 4 is 11.9 Å². The van der Waals surface area contributed by atoms with E-state index in [2.05, 4.69) is 25.2 Å². The Kier molecular flexibility index (Phi) is 7.83. The first-order valence-electron chi connectivity index (χ1n) is 13.5. The Hall–Kier alpha value is -3.06. The molecule has 1 saturated carbocycles. The third kappa shape index (κ3) is 5.47. The Morgan fingerprint density at radius 1 is 1.00 bits per heavy atom. The molecule has 1 amide bonds. The predicted octanol–water partition coefficient (Wildman–Crippen LogP) is 5.53. The Morgan fingerprint density at radius 2 is 1.68 bits per heavy atom. The topological polar surface area (TPSA) is 110 Å². The highest BCUT2D eigenvalue weighted by atomic mass is 16.4. The highest BCUT2D eigenvalue weighted by molar-refractivity contribution is 5.97. The maximum atomic E-state index is 13.3. The van der Waals surface area contributed by atoms with Gasteiger partial charge in [0.05, 0.1) is 5.56 Å². The minimum Gasteiger partial charge on any atom is -0.508 e. The molecule has 0 unspecified atom stereocenters. The summed E-state index contributed by atoms with van der Waals surface area (Å²) in [5, 5.41) is 34.3. The lowest BCUT2D eigenvalue weighted by atomic mass is 9.76. The second kappa shape index (κ2) is 10.7. The van der Waals surface area contributed by atoms with Crippen LogP contribution in [-0.2, 0) is 24.4 Å². The average Bonchev–Trinajstić information content (AvgIpc) is 3.51. The van der Waals surface area contributed by atoms with Crippen molar-refractivity contribution in [2.75, 3.05) is 0 Å². The van der Waals surface area contributed by atoms with Crippen LogP contribution in [0.2, 0.25) is 0 Å². The number of aromatic hydroxyl groups is 2. The minimum absolute atomic E-state index is 0.0100. The molecule has 2 aliphatic rings. The van der Waals surface area contributed by atoms with Gasteiger partial charge in [-0.2, -0.15) is 0 Å². The van der Waals surface area contributed by atoms with E-state index in [9.17, 15) is 24.9 Å². The molecule has 7 heteroatoms. The number of fused-ring (bicyclic) bond motifs is 1. The average molecular weight is 509 g/mol. The number of phenols is 2. The van der Waals surface area contributed by atoms with Crippen LogP contribution in [0, 0.1) is 11.8 Å². The monoisotopic (exact) mass is 508 g/mol. The third-order valence-electron chi connectivity index (χ3n) is 8.05. The number of benzene rings is 2. The van der Waals surface area contributed by atoms with E-state index in [-0.39, 0.29) is 40.7 Å². The molecule has 0 aromatic heterocycles. The molecule has 37 heavy (non-hydrogen) atoms. The van der Waals surface area contributed by atoms with Gasteiger partial charge in [0, 0.05) is 25.7 Å². The first-order valence-corrected chi connectivity index (χ1v) is 13.5. The second-order valence-corrected chi connectivity index (χ2v) is 11.6. The highest BCUT2D eigenvalue weighted by Gasteiger charge is 2.46. The van der Waals surface area contributed by atoms with Crippen molar-refractivity contribution in [3.05, 3.63) is 58.1 Å². The van der Waals surface area contributed by atoms with Gasteiger partial charge < -0.3 is 20.2 Å². The van der Waals surface area contributed by atoms with Crippen molar-refractivity contribution in [2.24, 2.45) is 11.8 Å². The molecule has 1 aliphatic carbocycles. The molecular formula is C30H40N2O5. The molecule has 0 bridgehead atoms. The number of hydrogen-bond acceptors (Lipinski definition) is 5. The van der Waals surface area contributed by atoms with Crippen molar-refractivity contribution in [1.82, 2.24) is 10.2 Å². The van der Waals surface area contributed by atoms with Crippen LogP contribution in [0.4, 0.5) is 0 Å². The van der Waals surface area contributed by atoms with Crippen LogP contribution < -0.4 is 5.32 Å².